The highest BCUT2D eigenvalue weighted by Crippen LogP contribution is 2.33. The van der Waals surface area contributed by atoms with Gasteiger partial charge in [0.1, 0.15) is 4.90 Å². The zero-order valence-corrected chi connectivity index (χ0v) is 10.4. The fourth-order valence-corrected chi connectivity index (χ4v) is 3.55. The monoisotopic (exact) mass is 252 g/mol. The van der Waals surface area contributed by atoms with Crippen LogP contribution in [0.15, 0.2) is 41.8 Å². The number of anilines is 1. The van der Waals surface area contributed by atoms with Crippen molar-refractivity contribution >= 4 is 15.7 Å². The second kappa shape index (κ2) is 4.50. The van der Waals surface area contributed by atoms with E-state index in [-0.39, 0.29) is 10.9 Å². The summed E-state index contributed by atoms with van der Waals surface area (Å²) in [6.07, 6.45) is 3.44. The molecule has 0 aromatic heterocycles. The molecule has 2 rings (SSSR count). The quantitative estimate of drug-likeness (QED) is 0.639. The third-order valence-electron chi connectivity index (χ3n) is 2.77. The molecule has 0 aliphatic heterocycles. The molecule has 1 fully saturated rings. The third-order valence-corrected chi connectivity index (χ3v) is 4.76. The summed E-state index contributed by atoms with van der Waals surface area (Å²) in [6.45, 7) is 3.94. The van der Waals surface area contributed by atoms with Gasteiger partial charge in [-0.1, -0.05) is 18.2 Å². The van der Waals surface area contributed by atoms with Gasteiger partial charge in [0.2, 0.25) is 10.0 Å². The van der Waals surface area contributed by atoms with Crippen LogP contribution in [0, 0.1) is 0 Å². The molecule has 0 heterocycles. The van der Waals surface area contributed by atoms with Gasteiger partial charge < -0.3 is 5.73 Å². The van der Waals surface area contributed by atoms with Crippen LogP contribution >= 0.6 is 0 Å². The highest BCUT2D eigenvalue weighted by atomic mass is 32.2. The summed E-state index contributed by atoms with van der Waals surface area (Å²) < 4.78 is 26.3. The van der Waals surface area contributed by atoms with Gasteiger partial charge in [0, 0.05) is 12.6 Å². The normalized spacial score (nSPS) is 16.1. The van der Waals surface area contributed by atoms with Crippen LogP contribution in [0.2, 0.25) is 0 Å². The van der Waals surface area contributed by atoms with Gasteiger partial charge in [-0.05, 0) is 25.0 Å². The highest BCUT2D eigenvalue weighted by molar-refractivity contribution is 7.89. The SMILES string of the molecule is C=CCN(C1CC1)S(=O)(=O)c1ccccc1N. The van der Waals surface area contributed by atoms with Gasteiger partial charge in [-0.15, -0.1) is 6.58 Å². The lowest BCUT2D eigenvalue weighted by molar-refractivity contribution is 0.436. The average Bonchev–Trinajstić information content (AvgIpc) is 3.10. The zero-order chi connectivity index (χ0) is 12.5. The third kappa shape index (κ3) is 2.35. The molecule has 2 N–H and O–H groups in total. The maximum absolute atomic E-state index is 12.4. The van der Waals surface area contributed by atoms with Gasteiger partial charge in [0.25, 0.3) is 0 Å². The number of nitrogens with two attached hydrogens (primary N) is 1. The molecule has 1 saturated carbocycles. The van der Waals surface area contributed by atoms with Gasteiger partial charge in [-0.25, -0.2) is 8.42 Å². The molecule has 1 aliphatic rings. The second-order valence-corrected chi connectivity index (χ2v) is 5.99. The van der Waals surface area contributed by atoms with Gasteiger partial charge in [0.15, 0.2) is 0 Å². The van der Waals surface area contributed by atoms with E-state index in [9.17, 15) is 8.42 Å². The number of para-hydroxylation sites is 1. The molecule has 92 valence electrons. The lowest BCUT2D eigenvalue weighted by Gasteiger charge is -2.21. The van der Waals surface area contributed by atoms with Crippen molar-refractivity contribution in [2.24, 2.45) is 0 Å². The van der Waals surface area contributed by atoms with Crippen molar-refractivity contribution in [3.8, 4) is 0 Å². The number of nitrogens with zero attached hydrogens (tertiary/aromatic N) is 1. The summed E-state index contributed by atoms with van der Waals surface area (Å²) >= 11 is 0. The number of rotatable bonds is 5. The van der Waals surface area contributed by atoms with Crippen molar-refractivity contribution in [1.82, 2.24) is 4.31 Å². The first kappa shape index (κ1) is 12.1. The maximum atomic E-state index is 12.4. The molecule has 0 bridgehead atoms. The van der Waals surface area contributed by atoms with Crippen molar-refractivity contribution < 1.29 is 8.42 Å². The molecule has 0 amide bonds. The number of sulfonamides is 1. The lowest BCUT2D eigenvalue weighted by Crippen LogP contribution is -2.33. The van der Waals surface area contributed by atoms with Crippen molar-refractivity contribution in [3.63, 3.8) is 0 Å². The molecule has 1 aliphatic carbocycles. The summed E-state index contributed by atoms with van der Waals surface area (Å²) in [7, 11) is -3.49. The van der Waals surface area contributed by atoms with Gasteiger partial charge in [-0.2, -0.15) is 4.31 Å². The Morgan fingerprint density at radius 2 is 2.06 bits per heavy atom. The van der Waals surface area contributed by atoms with Gasteiger partial charge >= 0.3 is 0 Å². The summed E-state index contributed by atoms with van der Waals surface area (Å²) in [6, 6.07) is 6.67. The molecule has 0 radical (unpaired) electrons. The highest BCUT2D eigenvalue weighted by Gasteiger charge is 2.37. The lowest BCUT2D eigenvalue weighted by atomic mass is 10.3. The zero-order valence-electron chi connectivity index (χ0n) is 9.54. The number of hydrogen-bond donors (Lipinski definition) is 1. The topological polar surface area (TPSA) is 63.4 Å². The molecule has 0 saturated heterocycles. The fourth-order valence-electron chi connectivity index (χ4n) is 1.77. The minimum atomic E-state index is -3.49. The molecule has 4 nitrogen and oxygen atoms in total. The first-order valence-corrected chi connectivity index (χ1v) is 6.98. The Morgan fingerprint density at radius 1 is 1.41 bits per heavy atom. The van der Waals surface area contributed by atoms with E-state index in [4.69, 9.17) is 5.73 Å². The smallest absolute Gasteiger partial charge is 0.245 e. The van der Waals surface area contributed by atoms with E-state index < -0.39 is 10.0 Å². The summed E-state index contributed by atoms with van der Waals surface area (Å²) in [5.41, 5.74) is 6.02. The van der Waals surface area contributed by atoms with Gasteiger partial charge in [-0.3, -0.25) is 0 Å². The Morgan fingerprint density at radius 3 is 2.59 bits per heavy atom. The number of nitrogen functional groups attached to an aromatic ring is 1. The van der Waals surface area contributed by atoms with Crippen LogP contribution in [0.3, 0.4) is 0 Å². The Kier molecular flexibility index (Phi) is 3.22. The van der Waals surface area contributed by atoms with Crippen molar-refractivity contribution in [2.75, 3.05) is 12.3 Å². The van der Waals surface area contributed by atoms with E-state index in [0.717, 1.165) is 12.8 Å². The minimum absolute atomic E-state index is 0.109. The summed E-state index contributed by atoms with van der Waals surface area (Å²) in [4.78, 5) is 0.189. The standard InChI is InChI=1S/C12H16N2O2S/c1-2-9-14(10-7-8-10)17(15,16)12-6-4-3-5-11(12)13/h2-6,10H,1,7-9,13H2. The van der Waals surface area contributed by atoms with Crippen LogP contribution in [-0.4, -0.2) is 25.3 Å². The van der Waals surface area contributed by atoms with E-state index in [2.05, 4.69) is 6.58 Å². The molecular weight excluding hydrogens is 236 g/mol. The van der Waals surface area contributed by atoms with E-state index in [1.54, 1.807) is 30.3 Å². The molecular formula is C12H16N2O2S. The van der Waals surface area contributed by atoms with E-state index >= 15 is 0 Å². The van der Waals surface area contributed by atoms with Crippen molar-refractivity contribution in [2.45, 2.75) is 23.8 Å². The van der Waals surface area contributed by atoms with E-state index in [0.29, 0.717) is 12.2 Å². The Hall–Kier alpha value is -1.33. The number of benzene rings is 1. The predicted molar refractivity (Wildman–Crippen MR) is 68.0 cm³/mol. The Bertz CT molecular complexity index is 521. The van der Waals surface area contributed by atoms with Crippen LogP contribution in [0.1, 0.15) is 12.8 Å². The fraction of sp³-hybridized carbons (Fsp3) is 0.333. The summed E-state index contributed by atoms with van der Waals surface area (Å²) in [5.74, 6) is 0. The Labute approximate surface area is 102 Å². The van der Waals surface area contributed by atoms with Crippen LogP contribution in [0.5, 0.6) is 0 Å². The van der Waals surface area contributed by atoms with Crippen LogP contribution in [0.4, 0.5) is 5.69 Å². The van der Waals surface area contributed by atoms with E-state index in [1.807, 2.05) is 0 Å². The number of hydrogen-bond acceptors (Lipinski definition) is 3. The minimum Gasteiger partial charge on any atom is -0.398 e. The largest absolute Gasteiger partial charge is 0.398 e. The molecule has 1 aromatic carbocycles. The van der Waals surface area contributed by atoms with Crippen LogP contribution < -0.4 is 5.73 Å². The first-order valence-electron chi connectivity index (χ1n) is 5.54. The molecule has 1 aromatic rings. The molecule has 5 heteroatoms. The predicted octanol–water partition coefficient (Wildman–Crippen LogP) is 1.61. The first-order chi connectivity index (χ1) is 8.07. The summed E-state index contributed by atoms with van der Waals surface area (Å²) in [5, 5.41) is 0. The van der Waals surface area contributed by atoms with Gasteiger partial charge in [0.05, 0.1) is 5.69 Å². The van der Waals surface area contributed by atoms with Crippen LogP contribution in [0.25, 0.3) is 0 Å². The molecule has 0 unspecified atom stereocenters. The Balaban J connectivity index is 2.40. The van der Waals surface area contributed by atoms with Crippen molar-refractivity contribution in [1.29, 1.82) is 0 Å². The molecule has 0 spiro atoms. The van der Waals surface area contributed by atoms with E-state index in [1.165, 1.54) is 4.31 Å². The average molecular weight is 252 g/mol. The van der Waals surface area contributed by atoms with Crippen LogP contribution in [-0.2, 0) is 10.0 Å². The molecule has 17 heavy (non-hydrogen) atoms. The van der Waals surface area contributed by atoms with Crippen molar-refractivity contribution in [3.05, 3.63) is 36.9 Å². The maximum Gasteiger partial charge on any atom is 0.245 e. The molecule has 0 atom stereocenters. The second-order valence-electron chi connectivity index (χ2n) is 4.13.